The van der Waals surface area contributed by atoms with E-state index in [1.165, 1.54) is 11.8 Å². The summed E-state index contributed by atoms with van der Waals surface area (Å²) in [7, 11) is 4.05. The minimum Gasteiger partial charge on any atom is -0.860 e. The van der Waals surface area contributed by atoms with Gasteiger partial charge in [-0.2, -0.15) is 5.10 Å². The lowest BCUT2D eigenvalue weighted by molar-refractivity contribution is -0.402. The number of furan rings is 1. The van der Waals surface area contributed by atoms with E-state index >= 15 is 0 Å². The largest absolute Gasteiger partial charge is 0.860 e. The van der Waals surface area contributed by atoms with Gasteiger partial charge in [0, 0.05) is 31.9 Å². The third-order valence-electron chi connectivity index (χ3n) is 3.06. The third-order valence-corrected chi connectivity index (χ3v) is 3.06. The van der Waals surface area contributed by atoms with E-state index in [0.717, 1.165) is 17.3 Å². The Bertz CT molecular complexity index is 830. The van der Waals surface area contributed by atoms with E-state index in [4.69, 9.17) is 4.42 Å². The summed E-state index contributed by atoms with van der Waals surface area (Å²) in [5.74, 6) is -0.915. The van der Waals surface area contributed by atoms with Gasteiger partial charge >= 0.3 is 11.9 Å². The number of aromatic nitrogens is 1. The van der Waals surface area contributed by atoms with E-state index in [0.29, 0.717) is 0 Å². The Hall–Kier alpha value is -3.76. The Morgan fingerprint density at radius 1 is 1.35 bits per heavy atom. The Morgan fingerprint density at radius 3 is 2.50 bits per heavy atom. The second-order valence-corrected chi connectivity index (χ2v) is 5.18. The van der Waals surface area contributed by atoms with Crippen molar-refractivity contribution in [1.82, 2.24) is 5.01 Å². The number of carbonyl (C=O) groups is 1. The summed E-state index contributed by atoms with van der Waals surface area (Å²) in [4.78, 5) is 28.8. The summed E-state index contributed by atoms with van der Waals surface area (Å²) in [6.45, 7) is -0.238. The van der Waals surface area contributed by atoms with Gasteiger partial charge in [0.1, 0.15) is 4.92 Å². The van der Waals surface area contributed by atoms with Crippen molar-refractivity contribution >= 4 is 29.7 Å². The molecule has 3 rings (SSSR count). The molecule has 26 heavy (non-hydrogen) atoms. The van der Waals surface area contributed by atoms with Gasteiger partial charge in [0.15, 0.2) is 18.2 Å². The maximum Gasteiger partial charge on any atom is 0.433 e. The number of pyridine rings is 1. The molecule has 0 aliphatic carbocycles. The molecule has 0 unspecified atom stereocenters. The van der Waals surface area contributed by atoms with E-state index in [-0.39, 0.29) is 12.3 Å². The van der Waals surface area contributed by atoms with Crippen molar-refractivity contribution in [3.8, 4) is 0 Å². The first-order chi connectivity index (χ1) is 12.4. The van der Waals surface area contributed by atoms with Crippen LogP contribution in [-0.2, 0) is 0 Å². The van der Waals surface area contributed by atoms with Crippen LogP contribution in [0.3, 0.4) is 0 Å². The lowest BCUT2D eigenvalue weighted by Gasteiger charge is -2.08. The minimum atomic E-state index is -0.771. The van der Waals surface area contributed by atoms with Gasteiger partial charge in [-0.25, -0.2) is 19.8 Å². The number of nitro groups is 1. The maximum atomic E-state index is 11.0. The first-order valence-electron chi connectivity index (χ1n) is 7.34. The quantitative estimate of drug-likeness (QED) is 0.435. The molecule has 0 atom stereocenters. The average molecular weight is 360 g/mol. The fourth-order valence-corrected chi connectivity index (χ4v) is 1.80. The number of anilines is 1. The van der Waals surface area contributed by atoms with Crippen LogP contribution in [0.2, 0.25) is 0 Å². The molecular formula is C15H16N6O5. The molecule has 0 aromatic carbocycles. The number of amides is 2. The van der Waals surface area contributed by atoms with Crippen molar-refractivity contribution in [2.45, 2.75) is 0 Å². The normalized spacial score (nSPS) is 13.4. The van der Waals surface area contributed by atoms with Gasteiger partial charge in [0.25, 0.3) is 0 Å². The number of H-pyrrole nitrogens is 1. The lowest BCUT2D eigenvalue weighted by atomic mass is 10.4. The Morgan fingerprint density at radius 2 is 2.04 bits per heavy atom. The van der Waals surface area contributed by atoms with Crippen LogP contribution in [0.25, 0.3) is 0 Å². The molecule has 0 fully saturated rings. The first kappa shape index (κ1) is 18.6. The zero-order chi connectivity index (χ0) is 19.1. The second-order valence-electron chi connectivity index (χ2n) is 5.18. The number of carbonyl (C=O) groups excluding carboxylic acids is 1. The van der Waals surface area contributed by atoms with Crippen LogP contribution in [0.5, 0.6) is 0 Å². The molecule has 11 heteroatoms. The highest BCUT2D eigenvalue weighted by molar-refractivity contribution is 5.96. The minimum absolute atomic E-state index is 0.101. The fraction of sp³-hybridized carbons (Fsp3) is 0.200. The predicted molar refractivity (Wildman–Crippen MR) is 89.8 cm³/mol. The fourth-order valence-electron chi connectivity index (χ4n) is 1.80. The van der Waals surface area contributed by atoms with Gasteiger partial charge in [-0.15, -0.1) is 0 Å². The molecule has 1 aliphatic rings. The smallest absolute Gasteiger partial charge is 0.433 e. The van der Waals surface area contributed by atoms with E-state index < -0.39 is 22.7 Å². The maximum absolute atomic E-state index is 11.0. The van der Waals surface area contributed by atoms with Gasteiger partial charge in [0.2, 0.25) is 0 Å². The Labute approximate surface area is 148 Å². The summed E-state index contributed by atoms with van der Waals surface area (Å²) in [5.41, 5.74) is 1.22. The molecule has 136 valence electrons. The van der Waals surface area contributed by atoms with Crippen molar-refractivity contribution in [3.05, 3.63) is 52.5 Å². The van der Waals surface area contributed by atoms with Crippen molar-refractivity contribution in [2.75, 3.05) is 25.5 Å². The van der Waals surface area contributed by atoms with Crippen molar-refractivity contribution in [1.29, 1.82) is 0 Å². The standard InChI is InChI=1S/C8H6N4O5.C7H10N2/c13-6-4-11(8(14)10-6)9-3-5-1-2-7(17-5)12(15)16;1-9(2)7-3-5-8-6-4-7/h1-3H,4H2,(H,10,13,14);3-6H,1-2H3/b9-3+;. The predicted octanol–water partition coefficient (Wildman–Crippen LogP) is 0.283. The number of urea groups is 1. The van der Waals surface area contributed by atoms with Crippen molar-refractivity contribution in [3.63, 3.8) is 0 Å². The molecule has 0 radical (unpaired) electrons. The molecule has 0 saturated carbocycles. The summed E-state index contributed by atoms with van der Waals surface area (Å²) in [6.07, 6.45) is 4.92. The molecule has 2 aromatic rings. The summed E-state index contributed by atoms with van der Waals surface area (Å²) in [5, 5.41) is 25.5. The number of hydrazone groups is 1. The van der Waals surface area contributed by atoms with Crippen molar-refractivity contribution in [2.24, 2.45) is 10.1 Å². The SMILES string of the molecule is CN(C)c1cc[nH+]cc1.O=C1N=C([O-])CN1/N=C/c1ccc([N+](=O)[O-])o1. The van der Waals surface area contributed by atoms with Crippen LogP contribution in [0.4, 0.5) is 16.4 Å². The molecule has 2 aromatic heterocycles. The zero-order valence-corrected chi connectivity index (χ0v) is 14.0. The van der Waals surface area contributed by atoms with Gasteiger partial charge < -0.3 is 14.4 Å². The molecule has 0 saturated heterocycles. The topological polar surface area (TPSA) is 142 Å². The van der Waals surface area contributed by atoms with Crippen LogP contribution in [0.15, 0.2) is 51.2 Å². The van der Waals surface area contributed by atoms with Gasteiger partial charge in [0.05, 0.1) is 18.8 Å². The summed E-state index contributed by atoms with van der Waals surface area (Å²) >= 11 is 0. The Kier molecular flexibility index (Phi) is 5.98. The van der Waals surface area contributed by atoms with E-state index in [1.807, 2.05) is 38.6 Å². The molecular weight excluding hydrogens is 344 g/mol. The van der Waals surface area contributed by atoms with Gasteiger partial charge in [-0.1, -0.05) is 0 Å². The van der Waals surface area contributed by atoms with Crippen LogP contribution < -0.4 is 15.0 Å². The molecule has 2 amide bonds. The van der Waals surface area contributed by atoms with Gasteiger partial charge in [-0.3, -0.25) is 10.1 Å². The van der Waals surface area contributed by atoms with Crippen LogP contribution in [0.1, 0.15) is 5.76 Å². The number of hydrogen-bond donors (Lipinski definition) is 0. The third kappa shape index (κ3) is 5.12. The molecule has 3 heterocycles. The molecule has 1 aliphatic heterocycles. The highest BCUT2D eigenvalue weighted by atomic mass is 16.6. The zero-order valence-electron chi connectivity index (χ0n) is 14.0. The molecule has 0 spiro atoms. The molecule has 0 bridgehead atoms. The van der Waals surface area contributed by atoms with Crippen LogP contribution >= 0.6 is 0 Å². The number of aromatic amines is 1. The number of nitrogens with zero attached hydrogens (tertiary/aromatic N) is 5. The highest BCUT2D eigenvalue weighted by Crippen LogP contribution is 2.14. The Balaban J connectivity index is 0.000000228. The summed E-state index contributed by atoms with van der Waals surface area (Å²) in [6, 6.07) is 5.76. The van der Waals surface area contributed by atoms with E-state index in [2.05, 4.69) is 20.0 Å². The second kappa shape index (κ2) is 8.37. The van der Waals surface area contributed by atoms with Gasteiger partial charge in [-0.05, 0) is 12.0 Å². The molecule has 11 nitrogen and oxygen atoms in total. The van der Waals surface area contributed by atoms with Crippen LogP contribution in [-0.4, -0.2) is 48.7 Å². The van der Waals surface area contributed by atoms with Crippen LogP contribution in [0, 0.1) is 10.1 Å². The number of hydrogen-bond acceptors (Lipinski definition) is 7. The summed E-state index contributed by atoms with van der Waals surface area (Å²) < 4.78 is 4.77. The molecule has 1 N–H and O–H groups in total. The number of nitrogens with one attached hydrogen (secondary N) is 1. The highest BCUT2D eigenvalue weighted by Gasteiger charge is 2.17. The monoisotopic (exact) mass is 360 g/mol. The average Bonchev–Trinajstić information content (AvgIpc) is 3.20. The number of rotatable bonds is 4. The lowest BCUT2D eigenvalue weighted by Crippen LogP contribution is -2.26. The van der Waals surface area contributed by atoms with Crippen molar-refractivity contribution < 1.29 is 24.2 Å². The van der Waals surface area contributed by atoms with E-state index in [1.54, 1.807) is 0 Å². The van der Waals surface area contributed by atoms with E-state index in [9.17, 15) is 20.0 Å². The first-order valence-corrected chi connectivity index (χ1v) is 7.34. The number of aliphatic imine (C=N–C) groups is 1.